The van der Waals surface area contributed by atoms with Gasteiger partial charge in [0, 0.05) is 30.8 Å². The van der Waals surface area contributed by atoms with Gasteiger partial charge in [-0.25, -0.2) is 4.98 Å². The minimum atomic E-state index is 0.109. The summed E-state index contributed by atoms with van der Waals surface area (Å²) >= 11 is 0. The topological polar surface area (TPSA) is 74.7 Å². The summed E-state index contributed by atoms with van der Waals surface area (Å²) in [5.74, 6) is 1.51. The molecule has 1 saturated heterocycles. The monoisotopic (exact) mass is 282 g/mol. The molecule has 1 aliphatic heterocycles. The van der Waals surface area contributed by atoms with Gasteiger partial charge >= 0.3 is 0 Å². The Morgan fingerprint density at radius 1 is 1.29 bits per heavy atom. The van der Waals surface area contributed by atoms with Crippen molar-refractivity contribution in [2.75, 3.05) is 18.0 Å². The van der Waals surface area contributed by atoms with Crippen LogP contribution in [0, 0.1) is 0 Å². The van der Waals surface area contributed by atoms with E-state index in [0.29, 0.717) is 11.5 Å². The number of amidine groups is 1. The Bertz CT molecular complexity index is 642. The second-order valence-electron chi connectivity index (χ2n) is 5.23. The minimum Gasteiger partial charge on any atom is -0.409 e. The van der Waals surface area contributed by atoms with Crippen LogP contribution in [0.3, 0.4) is 0 Å². The van der Waals surface area contributed by atoms with Crippen molar-refractivity contribution in [3.05, 3.63) is 59.8 Å². The number of hydrogen-bond donors (Lipinski definition) is 2. The summed E-state index contributed by atoms with van der Waals surface area (Å²) in [5.41, 5.74) is 7.69. The van der Waals surface area contributed by atoms with Crippen molar-refractivity contribution < 1.29 is 5.21 Å². The number of aromatic nitrogens is 1. The van der Waals surface area contributed by atoms with Crippen LogP contribution in [-0.4, -0.2) is 29.1 Å². The fourth-order valence-corrected chi connectivity index (χ4v) is 2.77. The molecule has 5 heteroatoms. The van der Waals surface area contributed by atoms with Gasteiger partial charge in [0.1, 0.15) is 5.82 Å². The molecule has 1 atom stereocenters. The standard InChI is InChI=1S/C16H18N4O/c17-16(19-21)13-6-8-18-15(10-13)20-9-7-14(11-20)12-4-2-1-3-5-12/h1-6,8,10,14,21H,7,9,11H2,(H2,17,19). The summed E-state index contributed by atoms with van der Waals surface area (Å²) in [7, 11) is 0. The predicted octanol–water partition coefficient (Wildman–Crippen LogP) is 2.17. The van der Waals surface area contributed by atoms with Gasteiger partial charge in [-0.1, -0.05) is 35.5 Å². The van der Waals surface area contributed by atoms with Gasteiger partial charge in [-0.05, 0) is 24.1 Å². The molecule has 0 radical (unpaired) electrons. The van der Waals surface area contributed by atoms with Crippen LogP contribution in [0.15, 0.2) is 53.8 Å². The highest BCUT2D eigenvalue weighted by Crippen LogP contribution is 2.29. The molecule has 2 heterocycles. The molecule has 0 saturated carbocycles. The third kappa shape index (κ3) is 2.81. The van der Waals surface area contributed by atoms with Crippen molar-refractivity contribution in [3.63, 3.8) is 0 Å². The molecule has 21 heavy (non-hydrogen) atoms. The lowest BCUT2D eigenvalue weighted by atomic mass is 9.99. The van der Waals surface area contributed by atoms with E-state index in [-0.39, 0.29) is 5.84 Å². The molecule has 108 valence electrons. The van der Waals surface area contributed by atoms with Crippen molar-refractivity contribution in [2.24, 2.45) is 10.9 Å². The van der Waals surface area contributed by atoms with Crippen LogP contribution in [0.5, 0.6) is 0 Å². The number of benzene rings is 1. The molecular weight excluding hydrogens is 264 g/mol. The number of nitrogens with zero attached hydrogens (tertiary/aromatic N) is 3. The highest BCUT2D eigenvalue weighted by atomic mass is 16.4. The molecule has 0 spiro atoms. The SMILES string of the molecule is NC(=NO)c1ccnc(N2CCC(c3ccccc3)C2)c1. The average Bonchev–Trinajstić information content (AvgIpc) is 3.05. The maximum atomic E-state index is 8.76. The lowest BCUT2D eigenvalue weighted by molar-refractivity contribution is 0.318. The molecule has 1 aromatic heterocycles. The maximum Gasteiger partial charge on any atom is 0.170 e. The first kappa shape index (κ1) is 13.4. The molecule has 0 amide bonds. The molecule has 3 rings (SSSR count). The van der Waals surface area contributed by atoms with Gasteiger partial charge in [-0.2, -0.15) is 0 Å². The fraction of sp³-hybridized carbons (Fsp3) is 0.250. The Morgan fingerprint density at radius 3 is 2.86 bits per heavy atom. The normalized spacial score (nSPS) is 19.0. The smallest absolute Gasteiger partial charge is 0.170 e. The zero-order chi connectivity index (χ0) is 14.7. The van der Waals surface area contributed by atoms with Crippen LogP contribution in [0.25, 0.3) is 0 Å². The van der Waals surface area contributed by atoms with Crippen molar-refractivity contribution in [1.29, 1.82) is 0 Å². The Kier molecular flexibility index (Phi) is 3.73. The van der Waals surface area contributed by atoms with Gasteiger partial charge in [0.15, 0.2) is 5.84 Å². The molecule has 1 fully saturated rings. The lowest BCUT2D eigenvalue weighted by Gasteiger charge is -2.18. The summed E-state index contributed by atoms with van der Waals surface area (Å²) in [6.45, 7) is 1.91. The van der Waals surface area contributed by atoms with Crippen molar-refractivity contribution in [2.45, 2.75) is 12.3 Å². The van der Waals surface area contributed by atoms with Crippen LogP contribution in [0.1, 0.15) is 23.5 Å². The number of pyridine rings is 1. The van der Waals surface area contributed by atoms with E-state index in [0.717, 1.165) is 25.3 Å². The molecule has 2 aromatic rings. The molecule has 0 aliphatic carbocycles. The van der Waals surface area contributed by atoms with Gasteiger partial charge in [0.25, 0.3) is 0 Å². The summed E-state index contributed by atoms with van der Waals surface area (Å²) in [6.07, 6.45) is 2.80. The van der Waals surface area contributed by atoms with Crippen LogP contribution < -0.4 is 10.6 Å². The van der Waals surface area contributed by atoms with Crippen molar-refractivity contribution >= 4 is 11.7 Å². The van der Waals surface area contributed by atoms with E-state index in [1.807, 2.05) is 12.1 Å². The summed E-state index contributed by atoms with van der Waals surface area (Å²) in [6, 6.07) is 14.2. The number of oxime groups is 1. The summed E-state index contributed by atoms with van der Waals surface area (Å²) in [5, 5.41) is 11.8. The van der Waals surface area contributed by atoms with Crippen LogP contribution in [0.4, 0.5) is 5.82 Å². The number of anilines is 1. The molecule has 0 bridgehead atoms. The quantitative estimate of drug-likeness (QED) is 0.391. The molecule has 3 N–H and O–H groups in total. The highest BCUT2D eigenvalue weighted by molar-refractivity contribution is 5.97. The van der Waals surface area contributed by atoms with E-state index >= 15 is 0 Å². The van der Waals surface area contributed by atoms with Gasteiger partial charge < -0.3 is 15.8 Å². The van der Waals surface area contributed by atoms with Gasteiger partial charge in [-0.15, -0.1) is 0 Å². The third-order valence-electron chi connectivity index (χ3n) is 3.93. The van der Waals surface area contributed by atoms with E-state index in [2.05, 4.69) is 39.3 Å². The van der Waals surface area contributed by atoms with E-state index in [1.165, 1.54) is 5.56 Å². The van der Waals surface area contributed by atoms with Crippen molar-refractivity contribution in [3.8, 4) is 0 Å². The zero-order valence-corrected chi connectivity index (χ0v) is 11.7. The number of nitrogens with two attached hydrogens (primary N) is 1. The Hall–Kier alpha value is -2.56. The lowest BCUT2D eigenvalue weighted by Crippen LogP contribution is -2.21. The predicted molar refractivity (Wildman–Crippen MR) is 82.8 cm³/mol. The Balaban J connectivity index is 1.77. The van der Waals surface area contributed by atoms with Crippen LogP contribution in [-0.2, 0) is 0 Å². The number of rotatable bonds is 3. The van der Waals surface area contributed by atoms with E-state index < -0.39 is 0 Å². The average molecular weight is 282 g/mol. The summed E-state index contributed by atoms with van der Waals surface area (Å²) in [4.78, 5) is 6.64. The second kappa shape index (κ2) is 5.83. The minimum absolute atomic E-state index is 0.109. The molecule has 1 aliphatic rings. The Morgan fingerprint density at radius 2 is 2.10 bits per heavy atom. The van der Waals surface area contributed by atoms with E-state index in [1.54, 1.807) is 12.3 Å². The van der Waals surface area contributed by atoms with Gasteiger partial charge in [-0.3, -0.25) is 0 Å². The molecule has 1 unspecified atom stereocenters. The maximum absolute atomic E-state index is 8.76. The van der Waals surface area contributed by atoms with Crippen LogP contribution in [0.2, 0.25) is 0 Å². The molecular formula is C16H18N4O. The van der Waals surface area contributed by atoms with Crippen LogP contribution >= 0.6 is 0 Å². The van der Waals surface area contributed by atoms with E-state index in [9.17, 15) is 0 Å². The largest absolute Gasteiger partial charge is 0.409 e. The van der Waals surface area contributed by atoms with Gasteiger partial charge in [0.2, 0.25) is 0 Å². The van der Waals surface area contributed by atoms with E-state index in [4.69, 9.17) is 10.9 Å². The summed E-state index contributed by atoms with van der Waals surface area (Å²) < 4.78 is 0. The highest BCUT2D eigenvalue weighted by Gasteiger charge is 2.24. The van der Waals surface area contributed by atoms with Crippen molar-refractivity contribution in [1.82, 2.24) is 4.98 Å². The fourth-order valence-electron chi connectivity index (χ4n) is 2.77. The first-order chi connectivity index (χ1) is 10.3. The first-order valence-electron chi connectivity index (χ1n) is 7.02. The molecule has 1 aromatic carbocycles. The number of hydrogen-bond acceptors (Lipinski definition) is 4. The second-order valence-corrected chi connectivity index (χ2v) is 5.23. The zero-order valence-electron chi connectivity index (χ0n) is 11.7. The third-order valence-corrected chi connectivity index (χ3v) is 3.93. The Labute approximate surface area is 123 Å². The molecule has 5 nitrogen and oxygen atoms in total. The first-order valence-corrected chi connectivity index (χ1v) is 7.02. The van der Waals surface area contributed by atoms with Gasteiger partial charge in [0.05, 0.1) is 0 Å².